The first kappa shape index (κ1) is 14.6. The van der Waals surface area contributed by atoms with Crippen molar-refractivity contribution in [3.63, 3.8) is 0 Å². The van der Waals surface area contributed by atoms with Gasteiger partial charge in [-0.25, -0.2) is 9.18 Å². The molecule has 1 aliphatic rings. The minimum Gasteiger partial charge on any atom is -0.440 e. The van der Waals surface area contributed by atoms with Crippen LogP contribution in [0.15, 0.2) is 12.1 Å². The molecule has 10 heteroatoms. The molecule has 0 saturated carbocycles. The van der Waals surface area contributed by atoms with Gasteiger partial charge in [-0.1, -0.05) is 0 Å². The number of carbonyl (C=O) groups is 1. The van der Waals surface area contributed by atoms with Gasteiger partial charge in [-0.15, -0.1) is 0 Å². The zero-order valence-electron chi connectivity index (χ0n) is 10.4. The van der Waals surface area contributed by atoms with Crippen molar-refractivity contribution in [3.05, 3.63) is 39.2 Å². The topological polar surface area (TPSA) is 105 Å². The van der Waals surface area contributed by atoms with E-state index in [1.165, 1.54) is 0 Å². The number of halogens is 1. The van der Waals surface area contributed by atoms with Gasteiger partial charge in [0.25, 0.3) is 5.69 Å². The third-order valence-corrected chi connectivity index (χ3v) is 4.76. The zero-order chi connectivity index (χ0) is 15.1. The highest BCUT2D eigenvalue weighted by Crippen LogP contribution is 2.64. The van der Waals surface area contributed by atoms with Crippen molar-refractivity contribution in [2.45, 2.75) is 5.85 Å². The lowest BCUT2D eigenvalue weighted by Crippen LogP contribution is -2.05. The van der Waals surface area contributed by atoms with Crippen LogP contribution < -0.4 is 0 Å². The van der Waals surface area contributed by atoms with Crippen molar-refractivity contribution >= 4 is 19.3 Å². The Morgan fingerprint density at radius 3 is 2.50 bits per heavy atom. The fourth-order valence-corrected chi connectivity index (χ4v) is 3.24. The summed E-state index contributed by atoms with van der Waals surface area (Å²) >= 11 is 0. The molecular weight excluding hydrogens is 296 g/mol. The van der Waals surface area contributed by atoms with Crippen LogP contribution in [0.4, 0.5) is 10.1 Å². The summed E-state index contributed by atoms with van der Waals surface area (Å²) in [6, 6.07) is 1.39. The quantitative estimate of drug-likeness (QED) is 0.364. The highest BCUT2D eigenvalue weighted by molar-refractivity contribution is 7.54. The first-order chi connectivity index (χ1) is 9.34. The zero-order valence-corrected chi connectivity index (χ0v) is 11.3. The molecule has 1 heterocycles. The minimum atomic E-state index is -3.95. The summed E-state index contributed by atoms with van der Waals surface area (Å²) < 4.78 is 39.7. The second-order valence-electron chi connectivity index (χ2n) is 3.81. The summed E-state index contributed by atoms with van der Waals surface area (Å²) in [7, 11) is -1.86. The number of benzene rings is 1. The largest absolute Gasteiger partial charge is 0.440 e. The Kier molecular flexibility index (Phi) is 3.59. The average molecular weight is 305 g/mol. The lowest BCUT2D eigenvalue weighted by atomic mass is 10.1. The van der Waals surface area contributed by atoms with Crippen molar-refractivity contribution < 1.29 is 32.5 Å². The molecule has 0 fully saturated rings. The standard InChI is InChI=1S/C10H9FNO7P/c1-17-20(16,18-2)10-8-6(9(13)19-10)3-5(11)4-7(8)12(14)15/h3-4,10H,1-2H3. The number of esters is 1. The van der Waals surface area contributed by atoms with Gasteiger partial charge in [0.05, 0.1) is 22.1 Å². The summed E-state index contributed by atoms with van der Waals surface area (Å²) in [6.45, 7) is 0. The molecule has 0 spiro atoms. The molecule has 0 aromatic heterocycles. The number of hydrogen-bond donors (Lipinski definition) is 0. The molecule has 0 radical (unpaired) electrons. The third-order valence-electron chi connectivity index (χ3n) is 2.80. The van der Waals surface area contributed by atoms with Crippen LogP contribution in [0.2, 0.25) is 0 Å². The number of nitro benzene ring substituents is 1. The molecule has 0 amide bonds. The molecule has 0 N–H and O–H groups in total. The number of cyclic esters (lactones) is 1. The average Bonchev–Trinajstić information content (AvgIpc) is 2.75. The molecule has 108 valence electrons. The second kappa shape index (κ2) is 4.93. The van der Waals surface area contributed by atoms with E-state index in [-0.39, 0.29) is 11.1 Å². The van der Waals surface area contributed by atoms with Crippen LogP contribution in [0.25, 0.3) is 0 Å². The third kappa shape index (κ3) is 2.09. The highest BCUT2D eigenvalue weighted by Gasteiger charge is 2.50. The van der Waals surface area contributed by atoms with Gasteiger partial charge < -0.3 is 13.8 Å². The monoisotopic (exact) mass is 305 g/mol. The predicted molar refractivity (Wildman–Crippen MR) is 62.8 cm³/mol. The van der Waals surface area contributed by atoms with Crippen molar-refractivity contribution in [3.8, 4) is 0 Å². The number of nitro groups is 1. The summed E-state index contributed by atoms with van der Waals surface area (Å²) in [5.41, 5.74) is -1.39. The normalized spacial score (nSPS) is 17.8. The summed E-state index contributed by atoms with van der Waals surface area (Å²) in [5.74, 6) is -3.60. The Labute approximate surface area is 112 Å². The number of ether oxygens (including phenoxy) is 1. The van der Waals surface area contributed by atoms with Crippen LogP contribution in [0, 0.1) is 15.9 Å². The number of nitrogens with zero attached hydrogens (tertiary/aromatic N) is 1. The van der Waals surface area contributed by atoms with Gasteiger partial charge in [-0.2, -0.15) is 0 Å². The van der Waals surface area contributed by atoms with Gasteiger partial charge in [-0.3, -0.25) is 14.7 Å². The van der Waals surface area contributed by atoms with Gasteiger partial charge in [0.1, 0.15) is 5.82 Å². The Balaban J connectivity index is 2.71. The van der Waals surface area contributed by atoms with Crippen LogP contribution in [-0.4, -0.2) is 25.1 Å². The van der Waals surface area contributed by atoms with E-state index in [0.717, 1.165) is 20.3 Å². The Bertz CT molecular complexity index is 639. The van der Waals surface area contributed by atoms with Gasteiger partial charge in [0.2, 0.25) is 5.85 Å². The van der Waals surface area contributed by atoms with Crippen LogP contribution in [0.3, 0.4) is 0 Å². The first-order valence-electron chi connectivity index (χ1n) is 5.24. The molecule has 2 rings (SSSR count). The summed E-state index contributed by atoms with van der Waals surface area (Å²) in [5, 5.41) is 11.0. The number of hydrogen-bond acceptors (Lipinski definition) is 7. The van der Waals surface area contributed by atoms with Gasteiger partial charge in [0, 0.05) is 14.2 Å². The van der Waals surface area contributed by atoms with E-state index >= 15 is 0 Å². The molecule has 1 atom stereocenters. The maximum atomic E-state index is 13.3. The number of rotatable bonds is 4. The van der Waals surface area contributed by atoms with Crippen molar-refractivity contribution in [1.29, 1.82) is 0 Å². The lowest BCUT2D eigenvalue weighted by Gasteiger charge is -2.19. The van der Waals surface area contributed by atoms with Crippen LogP contribution >= 0.6 is 7.60 Å². The molecule has 1 unspecified atom stereocenters. The van der Waals surface area contributed by atoms with Crippen molar-refractivity contribution in [2.24, 2.45) is 0 Å². The highest BCUT2D eigenvalue weighted by atomic mass is 31.2. The fraction of sp³-hybridized carbons (Fsp3) is 0.300. The Hall–Kier alpha value is -1.83. The second-order valence-corrected chi connectivity index (χ2v) is 6.08. The van der Waals surface area contributed by atoms with Crippen LogP contribution in [0.5, 0.6) is 0 Å². The fourth-order valence-electron chi connectivity index (χ4n) is 1.90. The van der Waals surface area contributed by atoms with E-state index < -0.39 is 35.8 Å². The smallest absolute Gasteiger partial charge is 0.375 e. The molecule has 0 bridgehead atoms. The molecule has 8 nitrogen and oxygen atoms in total. The van der Waals surface area contributed by atoms with Gasteiger partial charge in [0.15, 0.2) is 0 Å². The predicted octanol–water partition coefficient (Wildman–Crippen LogP) is 2.39. The Morgan fingerprint density at radius 1 is 1.40 bits per heavy atom. The van der Waals surface area contributed by atoms with Crippen LogP contribution in [-0.2, 0) is 18.3 Å². The number of carbonyl (C=O) groups excluding carboxylic acids is 1. The van der Waals surface area contributed by atoms with E-state index in [1.54, 1.807) is 0 Å². The lowest BCUT2D eigenvalue weighted by molar-refractivity contribution is -0.386. The van der Waals surface area contributed by atoms with Gasteiger partial charge >= 0.3 is 13.6 Å². The molecule has 1 aliphatic heterocycles. The summed E-state index contributed by atoms with van der Waals surface area (Å²) in [4.78, 5) is 21.7. The van der Waals surface area contributed by atoms with E-state index in [2.05, 4.69) is 9.05 Å². The molecular formula is C10H9FNO7P. The SMILES string of the molecule is COP(=O)(OC)C1OC(=O)c2cc(F)cc([N+](=O)[O-])c21. The molecule has 1 aromatic rings. The van der Waals surface area contributed by atoms with Gasteiger partial charge in [-0.05, 0) is 6.07 Å². The molecule has 0 saturated heterocycles. The maximum absolute atomic E-state index is 13.3. The van der Waals surface area contributed by atoms with Crippen LogP contribution in [0.1, 0.15) is 21.8 Å². The van der Waals surface area contributed by atoms with E-state index in [9.17, 15) is 23.9 Å². The van der Waals surface area contributed by atoms with E-state index in [0.29, 0.717) is 6.07 Å². The number of fused-ring (bicyclic) bond motifs is 1. The van der Waals surface area contributed by atoms with E-state index in [1.807, 2.05) is 0 Å². The minimum absolute atomic E-state index is 0.312. The first-order valence-corrected chi connectivity index (χ1v) is 6.85. The maximum Gasteiger partial charge on any atom is 0.375 e. The molecule has 20 heavy (non-hydrogen) atoms. The van der Waals surface area contributed by atoms with Crippen molar-refractivity contribution in [2.75, 3.05) is 14.2 Å². The van der Waals surface area contributed by atoms with E-state index in [4.69, 9.17) is 4.74 Å². The summed E-state index contributed by atoms with van der Waals surface area (Å²) in [6.07, 6.45) is 0. The molecule has 0 aliphatic carbocycles. The van der Waals surface area contributed by atoms with Crippen molar-refractivity contribution in [1.82, 2.24) is 0 Å². The molecule has 1 aromatic carbocycles. The Morgan fingerprint density at radius 2 is 2.00 bits per heavy atom.